The van der Waals surface area contributed by atoms with E-state index in [1.54, 1.807) is 20.2 Å². The highest BCUT2D eigenvalue weighted by molar-refractivity contribution is 6.30. The summed E-state index contributed by atoms with van der Waals surface area (Å²) in [5.41, 5.74) is 2.08. The summed E-state index contributed by atoms with van der Waals surface area (Å²) in [6.07, 6.45) is 0. The van der Waals surface area contributed by atoms with Crippen LogP contribution >= 0.6 is 11.6 Å². The molecule has 0 radical (unpaired) electrons. The second-order valence-corrected chi connectivity index (χ2v) is 5.71. The molecule has 2 N–H and O–H groups in total. The minimum atomic E-state index is 0.577. The van der Waals surface area contributed by atoms with Crippen LogP contribution in [0.3, 0.4) is 0 Å². The molecule has 0 aliphatic heterocycles. The fraction of sp³-hybridized carbons (Fsp3) is 0.316. The van der Waals surface area contributed by atoms with Crippen molar-refractivity contribution in [1.82, 2.24) is 10.6 Å². The van der Waals surface area contributed by atoms with E-state index in [1.807, 2.05) is 43.3 Å². The number of para-hydroxylation sites is 1. The second-order valence-electron chi connectivity index (χ2n) is 5.28. The monoisotopic (exact) mass is 361 g/mol. The molecule has 0 saturated carbocycles. The fourth-order valence-electron chi connectivity index (χ4n) is 2.39. The molecule has 0 atom stereocenters. The maximum atomic E-state index is 6.00. The lowest BCUT2D eigenvalue weighted by atomic mass is 10.2. The molecule has 0 spiro atoms. The number of halogens is 1. The molecule has 0 aliphatic rings. The topological polar surface area (TPSA) is 54.9 Å². The molecule has 0 aromatic heterocycles. The molecule has 0 amide bonds. The summed E-state index contributed by atoms with van der Waals surface area (Å²) in [5.74, 6) is 2.33. The second kappa shape index (κ2) is 9.79. The van der Waals surface area contributed by atoms with Crippen LogP contribution in [0.4, 0.5) is 0 Å². The number of aliphatic imine (C=N–C) groups is 1. The molecule has 5 nitrogen and oxygen atoms in total. The van der Waals surface area contributed by atoms with Crippen molar-refractivity contribution in [2.45, 2.75) is 20.0 Å². The Morgan fingerprint density at radius 1 is 1.04 bits per heavy atom. The van der Waals surface area contributed by atoms with E-state index in [1.165, 1.54) is 0 Å². The van der Waals surface area contributed by atoms with Crippen LogP contribution in [0.25, 0.3) is 0 Å². The molecule has 25 heavy (non-hydrogen) atoms. The molecule has 134 valence electrons. The van der Waals surface area contributed by atoms with Crippen molar-refractivity contribution < 1.29 is 9.47 Å². The van der Waals surface area contributed by atoms with E-state index < -0.39 is 0 Å². The molecule has 2 aromatic carbocycles. The number of benzene rings is 2. The van der Waals surface area contributed by atoms with Gasteiger partial charge in [-0.25, -0.2) is 0 Å². The average molecular weight is 362 g/mol. The van der Waals surface area contributed by atoms with Gasteiger partial charge in [0.1, 0.15) is 11.5 Å². The van der Waals surface area contributed by atoms with Crippen LogP contribution in [-0.4, -0.2) is 26.7 Å². The highest BCUT2D eigenvalue weighted by Gasteiger charge is 2.07. The summed E-state index contributed by atoms with van der Waals surface area (Å²) < 4.78 is 11.0. The number of methoxy groups -OCH3 is 1. The zero-order chi connectivity index (χ0) is 18.1. The minimum Gasteiger partial charge on any atom is -0.496 e. The molecule has 0 aliphatic carbocycles. The van der Waals surface area contributed by atoms with Gasteiger partial charge in [-0.05, 0) is 25.1 Å². The third-order valence-corrected chi connectivity index (χ3v) is 3.87. The van der Waals surface area contributed by atoms with Crippen molar-refractivity contribution in [1.29, 1.82) is 0 Å². The first-order valence-electron chi connectivity index (χ1n) is 8.15. The molecule has 0 heterocycles. The summed E-state index contributed by atoms with van der Waals surface area (Å²) in [5, 5.41) is 7.22. The highest BCUT2D eigenvalue weighted by Crippen LogP contribution is 2.23. The van der Waals surface area contributed by atoms with Gasteiger partial charge in [-0.1, -0.05) is 35.9 Å². The van der Waals surface area contributed by atoms with Crippen LogP contribution in [0, 0.1) is 0 Å². The third-order valence-electron chi connectivity index (χ3n) is 3.64. The Bertz CT molecular complexity index is 720. The molecule has 0 fully saturated rings. The normalized spacial score (nSPS) is 11.1. The van der Waals surface area contributed by atoms with Crippen LogP contribution in [0.2, 0.25) is 5.02 Å². The lowest BCUT2D eigenvalue weighted by Gasteiger charge is -2.15. The molecule has 0 unspecified atom stereocenters. The van der Waals surface area contributed by atoms with Gasteiger partial charge in [-0.15, -0.1) is 0 Å². The summed E-state index contributed by atoms with van der Waals surface area (Å²) in [6, 6.07) is 13.5. The van der Waals surface area contributed by atoms with Crippen LogP contribution in [0.1, 0.15) is 18.1 Å². The van der Waals surface area contributed by atoms with Crippen molar-refractivity contribution in [2.75, 3.05) is 20.8 Å². The number of nitrogens with one attached hydrogen (secondary N) is 2. The van der Waals surface area contributed by atoms with Gasteiger partial charge in [-0.3, -0.25) is 4.99 Å². The molecular formula is C19H24ClN3O2. The van der Waals surface area contributed by atoms with Gasteiger partial charge in [0.05, 0.1) is 13.7 Å². The molecule has 0 bridgehead atoms. The fourth-order valence-corrected chi connectivity index (χ4v) is 2.55. The summed E-state index contributed by atoms with van der Waals surface area (Å²) >= 11 is 6.00. The SMILES string of the molecule is CCOc1ccccc1CNC(=NC)NCc1ccc(Cl)cc1OC. The van der Waals surface area contributed by atoms with Crippen LogP contribution < -0.4 is 20.1 Å². The Morgan fingerprint density at radius 2 is 1.72 bits per heavy atom. The first-order valence-corrected chi connectivity index (χ1v) is 8.53. The van der Waals surface area contributed by atoms with E-state index in [-0.39, 0.29) is 0 Å². The van der Waals surface area contributed by atoms with Crippen molar-refractivity contribution in [3.63, 3.8) is 0 Å². The lowest BCUT2D eigenvalue weighted by molar-refractivity contribution is 0.336. The predicted molar refractivity (Wildman–Crippen MR) is 103 cm³/mol. The lowest BCUT2D eigenvalue weighted by Crippen LogP contribution is -2.36. The maximum Gasteiger partial charge on any atom is 0.191 e. The first-order chi connectivity index (χ1) is 12.2. The number of hydrogen-bond acceptors (Lipinski definition) is 3. The smallest absolute Gasteiger partial charge is 0.191 e. The molecule has 0 saturated heterocycles. The summed E-state index contributed by atoms with van der Waals surface area (Å²) in [7, 11) is 3.37. The van der Waals surface area contributed by atoms with Crippen LogP contribution in [0.5, 0.6) is 11.5 Å². The van der Waals surface area contributed by atoms with Gasteiger partial charge < -0.3 is 20.1 Å². The Hall–Kier alpha value is -2.40. The Balaban J connectivity index is 1.96. The van der Waals surface area contributed by atoms with Crippen molar-refractivity contribution in [2.24, 2.45) is 4.99 Å². The Kier molecular flexibility index (Phi) is 7.41. The number of guanidine groups is 1. The van der Waals surface area contributed by atoms with E-state index in [9.17, 15) is 0 Å². The maximum absolute atomic E-state index is 6.00. The average Bonchev–Trinajstić information content (AvgIpc) is 2.64. The van der Waals surface area contributed by atoms with Gasteiger partial charge in [0.15, 0.2) is 5.96 Å². The molecular weight excluding hydrogens is 338 g/mol. The first kappa shape index (κ1) is 18.9. The summed E-state index contributed by atoms with van der Waals surface area (Å²) in [6.45, 7) is 3.81. The highest BCUT2D eigenvalue weighted by atomic mass is 35.5. The number of hydrogen-bond donors (Lipinski definition) is 2. The number of rotatable bonds is 7. The largest absolute Gasteiger partial charge is 0.496 e. The third kappa shape index (κ3) is 5.57. The van der Waals surface area contributed by atoms with Crippen molar-refractivity contribution >= 4 is 17.6 Å². The van der Waals surface area contributed by atoms with Crippen LogP contribution in [0.15, 0.2) is 47.5 Å². The van der Waals surface area contributed by atoms with E-state index in [4.69, 9.17) is 21.1 Å². The van der Waals surface area contributed by atoms with Gasteiger partial charge in [-0.2, -0.15) is 0 Å². The number of ether oxygens (including phenoxy) is 2. The Morgan fingerprint density at radius 3 is 2.36 bits per heavy atom. The van der Waals surface area contributed by atoms with Crippen LogP contribution in [-0.2, 0) is 13.1 Å². The minimum absolute atomic E-state index is 0.577. The number of nitrogens with zero attached hydrogens (tertiary/aromatic N) is 1. The quantitative estimate of drug-likeness (QED) is 0.584. The Labute approximate surface area is 154 Å². The van der Waals surface area contributed by atoms with E-state index in [0.29, 0.717) is 30.7 Å². The van der Waals surface area contributed by atoms with E-state index in [2.05, 4.69) is 15.6 Å². The van der Waals surface area contributed by atoms with Gasteiger partial charge in [0, 0.05) is 36.3 Å². The van der Waals surface area contributed by atoms with E-state index >= 15 is 0 Å². The predicted octanol–water partition coefficient (Wildman–Crippen LogP) is 3.61. The molecule has 6 heteroatoms. The summed E-state index contributed by atoms with van der Waals surface area (Å²) in [4.78, 5) is 4.25. The van der Waals surface area contributed by atoms with Gasteiger partial charge >= 0.3 is 0 Å². The molecule has 2 rings (SSSR count). The van der Waals surface area contributed by atoms with Crippen molar-refractivity contribution in [3.8, 4) is 11.5 Å². The van der Waals surface area contributed by atoms with Gasteiger partial charge in [0.2, 0.25) is 0 Å². The van der Waals surface area contributed by atoms with E-state index in [0.717, 1.165) is 22.6 Å². The zero-order valence-corrected chi connectivity index (χ0v) is 15.6. The molecule has 2 aromatic rings. The zero-order valence-electron chi connectivity index (χ0n) is 14.8. The van der Waals surface area contributed by atoms with Crippen molar-refractivity contribution in [3.05, 3.63) is 58.6 Å². The standard InChI is InChI=1S/C19H24ClN3O2/c1-4-25-17-8-6-5-7-14(17)12-22-19(21-2)23-13-15-9-10-16(20)11-18(15)24-3/h5-11H,4,12-13H2,1-3H3,(H2,21,22,23). The van der Waals surface area contributed by atoms with Gasteiger partial charge in [0.25, 0.3) is 0 Å².